The van der Waals surface area contributed by atoms with E-state index in [1.807, 2.05) is 0 Å². The molecule has 0 bridgehead atoms. The molecule has 1 aromatic heterocycles. The van der Waals surface area contributed by atoms with E-state index in [-0.39, 0.29) is 40.0 Å². The lowest BCUT2D eigenvalue weighted by molar-refractivity contribution is -0.143. The van der Waals surface area contributed by atoms with Crippen LogP contribution < -0.4 is 5.32 Å². The Labute approximate surface area is 187 Å². The van der Waals surface area contributed by atoms with Crippen LogP contribution >= 0.6 is 24.0 Å². The molecule has 1 unspecified atom stereocenters. The molecule has 0 aliphatic carbocycles. The quantitative estimate of drug-likeness (QED) is 0.346. The van der Waals surface area contributed by atoms with Gasteiger partial charge in [-0.05, 0) is 43.3 Å². The Hall–Kier alpha value is -2.31. The van der Waals surface area contributed by atoms with Crippen LogP contribution in [0.15, 0.2) is 39.7 Å². The second-order valence-electron chi connectivity index (χ2n) is 7.19. The SMILES string of the molecule is O=C1/C(=C/c2ccc(-c3cc(C(F)(F)F)cc(C(F)(F)F)c3)o2)SC(=S)N1C1CCNC1. The number of benzene rings is 1. The predicted octanol–water partition coefficient (Wildman–Crippen LogP) is 5.55. The van der Waals surface area contributed by atoms with Crippen molar-refractivity contribution in [2.45, 2.75) is 24.8 Å². The summed E-state index contributed by atoms with van der Waals surface area (Å²) in [7, 11) is 0. The van der Waals surface area contributed by atoms with Gasteiger partial charge in [0.2, 0.25) is 0 Å². The number of nitrogens with one attached hydrogen (secondary N) is 1. The molecule has 12 heteroatoms. The Morgan fingerprint density at radius 1 is 1.09 bits per heavy atom. The van der Waals surface area contributed by atoms with Crippen molar-refractivity contribution < 1.29 is 35.6 Å². The van der Waals surface area contributed by atoms with E-state index in [4.69, 9.17) is 16.6 Å². The molecule has 32 heavy (non-hydrogen) atoms. The fourth-order valence-electron chi connectivity index (χ4n) is 3.47. The fraction of sp³-hybridized carbons (Fsp3) is 0.300. The summed E-state index contributed by atoms with van der Waals surface area (Å²) < 4.78 is 84.5. The van der Waals surface area contributed by atoms with Gasteiger partial charge in [0.25, 0.3) is 5.91 Å². The first kappa shape index (κ1) is 22.9. The average Bonchev–Trinajstić information content (AvgIpc) is 3.42. The second-order valence-corrected chi connectivity index (χ2v) is 8.87. The molecule has 1 amide bonds. The van der Waals surface area contributed by atoms with Crippen LogP contribution in [-0.2, 0) is 17.1 Å². The molecular formula is C20H14F6N2O2S2. The maximum Gasteiger partial charge on any atom is 0.416 e. The Balaban J connectivity index is 1.64. The van der Waals surface area contributed by atoms with Crippen molar-refractivity contribution in [3.05, 3.63) is 52.1 Å². The lowest BCUT2D eigenvalue weighted by Crippen LogP contribution is -2.39. The van der Waals surface area contributed by atoms with Gasteiger partial charge >= 0.3 is 12.4 Å². The van der Waals surface area contributed by atoms with E-state index >= 15 is 0 Å². The first-order chi connectivity index (χ1) is 14.9. The van der Waals surface area contributed by atoms with Gasteiger partial charge < -0.3 is 9.73 Å². The molecule has 170 valence electrons. The van der Waals surface area contributed by atoms with E-state index in [1.165, 1.54) is 23.1 Å². The summed E-state index contributed by atoms with van der Waals surface area (Å²) >= 11 is 6.35. The molecule has 2 aliphatic rings. The van der Waals surface area contributed by atoms with Crippen LogP contribution in [0.25, 0.3) is 17.4 Å². The van der Waals surface area contributed by atoms with Gasteiger partial charge in [0.15, 0.2) is 0 Å². The molecule has 1 aromatic carbocycles. The van der Waals surface area contributed by atoms with E-state index < -0.39 is 23.5 Å². The molecule has 2 fully saturated rings. The molecule has 0 spiro atoms. The highest BCUT2D eigenvalue weighted by Crippen LogP contribution is 2.40. The van der Waals surface area contributed by atoms with Crippen molar-refractivity contribution in [3.63, 3.8) is 0 Å². The number of alkyl halides is 6. The summed E-state index contributed by atoms with van der Waals surface area (Å²) in [6, 6.07) is 3.78. The standard InChI is InChI=1S/C20H14F6N2O2S2/c21-19(22,23)11-5-10(6-12(7-11)20(24,25)26)15-2-1-14(30-15)8-16-17(29)28(18(31)32-16)13-3-4-27-9-13/h1-2,5-8,13,27H,3-4,9H2/b16-8-. The van der Waals surface area contributed by atoms with Crippen molar-refractivity contribution >= 4 is 40.3 Å². The molecule has 1 N–H and O–H groups in total. The lowest BCUT2D eigenvalue weighted by Gasteiger charge is -2.21. The summed E-state index contributed by atoms with van der Waals surface area (Å²) in [5.41, 5.74) is -3.26. The molecule has 4 nitrogen and oxygen atoms in total. The summed E-state index contributed by atoms with van der Waals surface area (Å²) in [6.45, 7) is 1.38. The van der Waals surface area contributed by atoms with Crippen LogP contribution in [0, 0.1) is 0 Å². The van der Waals surface area contributed by atoms with E-state index in [0.29, 0.717) is 23.0 Å². The smallest absolute Gasteiger partial charge is 0.416 e. The molecule has 0 saturated carbocycles. The Bertz CT molecular complexity index is 1070. The number of thioether (sulfide) groups is 1. The van der Waals surface area contributed by atoms with Gasteiger partial charge in [-0.25, -0.2) is 0 Å². The Morgan fingerprint density at radius 3 is 2.31 bits per heavy atom. The number of amides is 1. The van der Waals surface area contributed by atoms with Crippen LogP contribution in [0.1, 0.15) is 23.3 Å². The predicted molar refractivity (Wildman–Crippen MR) is 110 cm³/mol. The molecule has 2 saturated heterocycles. The number of carbonyl (C=O) groups excluding carboxylic acids is 1. The second kappa shape index (κ2) is 8.23. The van der Waals surface area contributed by atoms with Gasteiger partial charge in [-0.15, -0.1) is 0 Å². The zero-order valence-electron chi connectivity index (χ0n) is 16.0. The van der Waals surface area contributed by atoms with Crippen molar-refractivity contribution in [2.75, 3.05) is 13.1 Å². The number of hydrogen-bond acceptors (Lipinski definition) is 5. The van der Waals surface area contributed by atoms with E-state index in [9.17, 15) is 31.1 Å². The third kappa shape index (κ3) is 4.57. The van der Waals surface area contributed by atoms with Crippen molar-refractivity contribution in [1.82, 2.24) is 10.2 Å². The molecule has 2 aliphatic heterocycles. The van der Waals surface area contributed by atoms with Gasteiger partial charge in [0.1, 0.15) is 15.8 Å². The van der Waals surface area contributed by atoms with Gasteiger partial charge in [0.05, 0.1) is 22.1 Å². The zero-order chi connectivity index (χ0) is 23.3. The van der Waals surface area contributed by atoms with Crippen molar-refractivity contribution in [1.29, 1.82) is 0 Å². The highest BCUT2D eigenvalue weighted by atomic mass is 32.2. The molecular weight excluding hydrogens is 478 g/mol. The summed E-state index contributed by atoms with van der Waals surface area (Å²) in [5.74, 6) is -0.399. The topological polar surface area (TPSA) is 45.5 Å². The number of rotatable bonds is 3. The van der Waals surface area contributed by atoms with Gasteiger partial charge in [-0.2, -0.15) is 26.3 Å². The third-order valence-corrected chi connectivity index (χ3v) is 6.33. The van der Waals surface area contributed by atoms with Crippen LogP contribution in [0.3, 0.4) is 0 Å². The number of nitrogens with zero attached hydrogens (tertiary/aromatic N) is 1. The molecule has 1 atom stereocenters. The first-order valence-electron chi connectivity index (χ1n) is 9.31. The van der Waals surface area contributed by atoms with Crippen molar-refractivity contribution in [2.24, 2.45) is 0 Å². The molecule has 3 heterocycles. The lowest BCUT2D eigenvalue weighted by atomic mass is 10.0. The highest BCUT2D eigenvalue weighted by molar-refractivity contribution is 8.26. The summed E-state index contributed by atoms with van der Waals surface area (Å²) in [5, 5.41) is 3.15. The first-order valence-corrected chi connectivity index (χ1v) is 10.5. The average molecular weight is 492 g/mol. The maximum atomic E-state index is 13.1. The minimum Gasteiger partial charge on any atom is -0.457 e. The van der Waals surface area contributed by atoms with Crippen LogP contribution in [0.5, 0.6) is 0 Å². The normalized spacial score (nSPS) is 21.2. The van der Waals surface area contributed by atoms with E-state index in [1.54, 1.807) is 0 Å². The zero-order valence-corrected chi connectivity index (χ0v) is 17.6. The monoisotopic (exact) mass is 492 g/mol. The van der Waals surface area contributed by atoms with E-state index in [0.717, 1.165) is 24.7 Å². The number of carbonyl (C=O) groups is 1. The summed E-state index contributed by atoms with van der Waals surface area (Å²) in [6.07, 6.45) is -7.80. The van der Waals surface area contributed by atoms with Crippen LogP contribution in [-0.4, -0.2) is 34.3 Å². The number of halogens is 6. The Morgan fingerprint density at radius 2 is 1.75 bits per heavy atom. The largest absolute Gasteiger partial charge is 0.457 e. The highest BCUT2D eigenvalue weighted by Gasteiger charge is 2.39. The molecule has 0 radical (unpaired) electrons. The van der Waals surface area contributed by atoms with E-state index in [2.05, 4.69) is 5.32 Å². The number of thiocarbonyl (C=S) groups is 1. The van der Waals surface area contributed by atoms with Gasteiger partial charge in [0, 0.05) is 18.2 Å². The number of hydrogen-bond donors (Lipinski definition) is 1. The molecule has 2 aromatic rings. The number of furan rings is 1. The maximum absolute atomic E-state index is 13.1. The minimum absolute atomic E-state index is 0.0522. The third-order valence-electron chi connectivity index (χ3n) is 5.00. The Kier molecular flexibility index (Phi) is 5.88. The van der Waals surface area contributed by atoms with Gasteiger partial charge in [-0.1, -0.05) is 24.0 Å². The van der Waals surface area contributed by atoms with Crippen LogP contribution in [0.2, 0.25) is 0 Å². The van der Waals surface area contributed by atoms with Gasteiger partial charge in [-0.3, -0.25) is 9.69 Å². The van der Waals surface area contributed by atoms with Crippen LogP contribution in [0.4, 0.5) is 26.3 Å². The van der Waals surface area contributed by atoms with Crippen molar-refractivity contribution in [3.8, 4) is 11.3 Å². The fourth-order valence-corrected chi connectivity index (χ4v) is 4.85. The minimum atomic E-state index is -4.96. The molecule has 4 rings (SSSR count). The summed E-state index contributed by atoms with van der Waals surface area (Å²) in [4.78, 5) is 14.5.